The highest BCUT2D eigenvalue weighted by Gasteiger charge is 2.22. The standard InChI is InChI=1S/C14H19FN2O3/c1-9(2)12(13(18)19)17-14(20)16-7-6-10-4-3-5-11(15)8-10/h3-5,8-9,12H,6-7H2,1-2H3,(H,18,19)(H2,16,17,20). The Hall–Kier alpha value is -2.11. The van der Waals surface area contributed by atoms with Crippen LogP contribution in [0.3, 0.4) is 0 Å². The molecule has 1 atom stereocenters. The molecule has 0 aromatic heterocycles. The molecule has 0 saturated carbocycles. The van der Waals surface area contributed by atoms with E-state index in [1.54, 1.807) is 26.0 Å². The maximum Gasteiger partial charge on any atom is 0.326 e. The number of nitrogens with one attached hydrogen (secondary N) is 2. The lowest BCUT2D eigenvalue weighted by atomic mass is 10.1. The van der Waals surface area contributed by atoms with Crippen LogP contribution in [0.4, 0.5) is 9.18 Å². The molecule has 0 saturated heterocycles. The van der Waals surface area contributed by atoms with Crippen molar-refractivity contribution in [1.82, 2.24) is 10.6 Å². The van der Waals surface area contributed by atoms with Crippen molar-refractivity contribution >= 4 is 12.0 Å². The van der Waals surface area contributed by atoms with Gasteiger partial charge in [0.05, 0.1) is 0 Å². The van der Waals surface area contributed by atoms with Crippen LogP contribution >= 0.6 is 0 Å². The van der Waals surface area contributed by atoms with Gasteiger partial charge < -0.3 is 15.7 Å². The van der Waals surface area contributed by atoms with Crippen molar-refractivity contribution in [2.45, 2.75) is 26.3 Å². The summed E-state index contributed by atoms with van der Waals surface area (Å²) in [5.74, 6) is -1.60. The Morgan fingerprint density at radius 2 is 2.05 bits per heavy atom. The monoisotopic (exact) mass is 282 g/mol. The van der Waals surface area contributed by atoms with Gasteiger partial charge in [0.15, 0.2) is 0 Å². The van der Waals surface area contributed by atoms with E-state index in [9.17, 15) is 14.0 Å². The second kappa shape index (κ2) is 7.47. The molecule has 2 amide bonds. The predicted octanol–water partition coefficient (Wildman–Crippen LogP) is 1.78. The summed E-state index contributed by atoms with van der Waals surface area (Å²) >= 11 is 0. The number of rotatable bonds is 6. The molecular weight excluding hydrogens is 263 g/mol. The highest BCUT2D eigenvalue weighted by molar-refractivity contribution is 5.82. The smallest absolute Gasteiger partial charge is 0.326 e. The molecule has 20 heavy (non-hydrogen) atoms. The molecule has 0 radical (unpaired) electrons. The van der Waals surface area contributed by atoms with Gasteiger partial charge in [0.25, 0.3) is 0 Å². The molecule has 5 nitrogen and oxygen atoms in total. The average molecular weight is 282 g/mol. The third-order valence-electron chi connectivity index (χ3n) is 2.81. The van der Waals surface area contributed by atoms with Crippen LogP contribution in [0.5, 0.6) is 0 Å². The van der Waals surface area contributed by atoms with E-state index in [2.05, 4.69) is 10.6 Å². The zero-order valence-electron chi connectivity index (χ0n) is 11.5. The Bertz CT molecular complexity index is 477. The lowest BCUT2D eigenvalue weighted by molar-refractivity contribution is -0.140. The summed E-state index contributed by atoms with van der Waals surface area (Å²) in [6, 6.07) is 4.64. The molecule has 1 aromatic rings. The molecular formula is C14H19FN2O3. The third-order valence-corrected chi connectivity index (χ3v) is 2.81. The minimum Gasteiger partial charge on any atom is -0.480 e. The first-order valence-corrected chi connectivity index (χ1v) is 6.41. The van der Waals surface area contributed by atoms with Crippen LogP contribution < -0.4 is 10.6 Å². The van der Waals surface area contributed by atoms with E-state index in [0.29, 0.717) is 13.0 Å². The van der Waals surface area contributed by atoms with Crippen LogP contribution in [-0.2, 0) is 11.2 Å². The van der Waals surface area contributed by atoms with E-state index in [0.717, 1.165) is 5.56 Å². The van der Waals surface area contributed by atoms with E-state index in [4.69, 9.17) is 5.11 Å². The van der Waals surface area contributed by atoms with Crippen LogP contribution in [0.2, 0.25) is 0 Å². The summed E-state index contributed by atoms with van der Waals surface area (Å²) in [7, 11) is 0. The molecule has 1 rings (SSSR count). The molecule has 0 heterocycles. The minimum absolute atomic E-state index is 0.207. The molecule has 0 fully saturated rings. The SMILES string of the molecule is CC(C)C(NC(=O)NCCc1cccc(F)c1)C(=O)O. The Kier molecular flexibility index (Phi) is 5.96. The van der Waals surface area contributed by atoms with Crippen LogP contribution in [-0.4, -0.2) is 29.7 Å². The number of amides is 2. The third kappa shape index (κ3) is 5.26. The molecule has 1 unspecified atom stereocenters. The first-order valence-electron chi connectivity index (χ1n) is 6.41. The van der Waals surface area contributed by atoms with E-state index in [1.807, 2.05) is 0 Å². The van der Waals surface area contributed by atoms with Gasteiger partial charge in [-0.2, -0.15) is 0 Å². The number of aliphatic carboxylic acids is 1. The van der Waals surface area contributed by atoms with Crippen molar-refractivity contribution in [2.75, 3.05) is 6.54 Å². The first kappa shape index (κ1) is 15.9. The van der Waals surface area contributed by atoms with Crippen molar-refractivity contribution in [3.63, 3.8) is 0 Å². The highest BCUT2D eigenvalue weighted by atomic mass is 19.1. The minimum atomic E-state index is -1.07. The van der Waals surface area contributed by atoms with Crippen molar-refractivity contribution in [3.05, 3.63) is 35.6 Å². The Morgan fingerprint density at radius 3 is 2.60 bits per heavy atom. The highest BCUT2D eigenvalue weighted by Crippen LogP contribution is 2.04. The van der Waals surface area contributed by atoms with Gasteiger partial charge in [0, 0.05) is 6.54 Å². The molecule has 1 aromatic carbocycles. The Balaban J connectivity index is 2.38. The number of carbonyl (C=O) groups excluding carboxylic acids is 1. The van der Waals surface area contributed by atoms with Gasteiger partial charge in [-0.15, -0.1) is 0 Å². The summed E-state index contributed by atoms with van der Waals surface area (Å²) in [6.07, 6.45) is 0.477. The number of carbonyl (C=O) groups is 2. The van der Waals surface area contributed by atoms with Crippen molar-refractivity contribution < 1.29 is 19.1 Å². The summed E-state index contributed by atoms with van der Waals surface area (Å²) in [5.41, 5.74) is 0.768. The maximum atomic E-state index is 12.9. The van der Waals surface area contributed by atoms with Crippen LogP contribution in [0.1, 0.15) is 19.4 Å². The molecule has 0 aliphatic heterocycles. The van der Waals surface area contributed by atoms with Gasteiger partial charge in [0.1, 0.15) is 11.9 Å². The van der Waals surface area contributed by atoms with Gasteiger partial charge in [-0.05, 0) is 30.0 Å². The average Bonchev–Trinajstić information content (AvgIpc) is 2.35. The number of urea groups is 1. The zero-order valence-corrected chi connectivity index (χ0v) is 11.5. The largest absolute Gasteiger partial charge is 0.480 e. The maximum absolute atomic E-state index is 12.9. The zero-order chi connectivity index (χ0) is 15.1. The Morgan fingerprint density at radius 1 is 1.35 bits per heavy atom. The fourth-order valence-corrected chi connectivity index (χ4v) is 1.72. The lowest BCUT2D eigenvalue weighted by Crippen LogP contribution is -2.48. The number of halogens is 1. The molecule has 0 aliphatic rings. The van der Waals surface area contributed by atoms with E-state index < -0.39 is 18.0 Å². The fraction of sp³-hybridized carbons (Fsp3) is 0.429. The Labute approximate surface area is 117 Å². The van der Waals surface area contributed by atoms with Crippen molar-refractivity contribution in [2.24, 2.45) is 5.92 Å². The normalized spacial score (nSPS) is 12.0. The van der Waals surface area contributed by atoms with Gasteiger partial charge in [-0.1, -0.05) is 26.0 Å². The molecule has 0 bridgehead atoms. The van der Waals surface area contributed by atoms with Crippen molar-refractivity contribution in [3.8, 4) is 0 Å². The number of carboxylic acids is 1. The summed E-state index contributed by atoms with van der Waals surface area (Å²) in [4.78, 5) is 22.5. The number of hydrogen-bond acceptors (Lipinski definition) is 2. The number of hydrogen-bond donors (Lipinski definition) is 3. The molecule has 0 aliphatic carbocycles. The topological polar surface area (TPSA) is 78.4 Å². The summed E-state index contributed by atoms with van der Waals surface area (Å²) in [6.45, 7) is 3.73. The van der Waals surface area contributed by atoms with E-state index in [-0.39, 0.29) is 11.7 Å². The van der Waals surface area contributed by atoms with Gasteiger partial charge in [0.2, 0.25) is 0 Å². The van der Waals surface area contributed by atoms with Gasteiger partial charge in [-0.25, -0.2) is 14.0 Å². The fourth-order valence-electron chi connectivity index (χ4n) is 1.72. The van der Waals surface area contributed by atoms with Gasteiger partial charge >= 0.3 is 12.0 Å². The van der Waals surface area contributed by atoms with Crippen LogP contribution in [0.25, 0.3) is 0 Å². The van der Waals surface area contributed by atoms with E-state index in [1.165, 1.54) is 12.1 Å². The summed E-state index contributed by atoms with van der Waals surface area (Å²) < 4.78 is 12.9. The van der Waals surface area contributed by atoms with Crippen molar-refractivity contribution in [1.29, 1.82) is 0 Å². The molecule has 0 spiro atoms. The quantitative estimate of drug-likeness (QED) is 0.744. The summed E-state index contributed by atoms with van der Waals surface area (Å²) in [5, 5.41) is 13.9. The van der Waals surface area contributed by atoms with Crippen LogP contribution in [0.15, 0.2) is 24.3 Å². The predicted molar refractivity (Wildman–Crippen MR) is 72.9 cm³/mol. The number of benzene rings is 1. The molecule has 6 heteroatoms. The second-order valence-corrected chi connectivity index (χ2v) is 4.84. The number of carboxylic acid groups (broad SMARTS) is 1. The lowest BCUT2D eigenvalue weighted by Gasteiger charge is -2.18. The van der Waals surface area contributed by atoms with E-state index >= 15 is 0 Å². The molecule has 110 valence electrons. The second-order valence-electron chi connectivity index (χ2n) is 4.84. The molecule has 3 N–H and O–H groups in total. The van der Waals surface area contributed by atoms with Gasteiger partial charge in [-0.3, -0.25) is 0 Å². The first-order chi connectivity index (χ1) is 9.40. The van der Waals surface area contributed by atoms with Crippen LogP contribution in [0, 0.1) is 11.7 Å².